The van der Waals surface area contributed by atoms with Gasteiger partial charge in [0.05, 0.1) is 11.9 Å². The third kappa shape index (κ3) is 3.50. The zero-order valence-corrected chi connectivity index (χ0v) is 13.8. The highest BCUT2D eigenvalue weighted by Gasteiger charge is 2.23. The lowest BCUT2D eigenvalue weighted by Gasteiger charge is -2.03. The van der Waals surface area contributed by atoms with E-state index in [9.17, 15) is 9.90 Å². The number of nitrogens with one attached hydrogen (secondary N) is 1. The summed E-state index contributed by atoms with van der Waals surface area (Å²) in [5.41, 5.74) is 9.42. The number of phenolic OH excluding ortho intramolecular Hbond substituents is 1. The lowest BCUT2D eigenvalue weighted by Crippen LogP contribution is -2.20. The Morgan fingerprint density at radius 3 is 2.81 bits per heavy atom. The molecule has 0 radical (unpaired) electrons. The van der Waals surface area contributed by atoms with Crippen LogP contribution in [0.4, 0.5) is 5.82 Å². The largest absolute Gasteiger partial charge is 0.508 e. The third-order valence-corrected chi connectivity index (χ3v) is 3.43. The maximum absolute atomic E-state index is 12.4. The first kappa shape index (κ1) is 17.1. The second-order valence-corrected chi connectivity index (χ2v) is 5.31. The van der Waals surface area contributed by atoms with Crippen LogP contribution in [0, 0.1) is 0 Å². The van der Waals surface area contributed by atoms with Gasteiger partial charge in [0.1, 0.15) is 5.75 Å². The van der Waals surface area contributed by atoms with E-state index in [1.54, 1.807) is 12.1 Å². The van der Waals surface area contributed by atoms with Gasteiger partial charge in [-0.1, -0.05) is 18.6 Å². The van der Waals surface area contributed by atoms with E-state index in [1.165, 1.54) is 23.0 Å². The van der Waals surface area contributed by atoms with Gasteiger partial charge >= 0.3 is 0 Å². The highest BCUT2D eigenvalue weighted by molar-refractivity contribution is 5.94. The minimum atomic E-state index is -0.523. The average Bonchev–Trinajstić information content (AvgIpc) is 3.23. The van der Waals surface area contributed by atoms with Crippen molar-refractivity contribution in [2.75, 3.05) is 5.73 Å². The van der Waals surface area contributed by atoms with Gasteiger partial charge in [0.25, 0.3) is 5.91 Å². The number of hydrogen-bond donors (Lipinski definition) is 3. The smallest absolute Gasteiger partial charge is 0.293 e. The number of carbonyl (C=O) groups excluding carboxylic acids is 1. The van der Waals surface area contributed by atoms with Crippen molar-refractivity contribution < 1.29 is 14.5 Å². The van der Waals surface area contributed by atoms with Crippen LogP contribution in [0.5, 0.6) is 5.75 Å². The molecular weight excluding hydrogens is 340 g/mol. The van der Waals surface area contributed by atoms with E-state index in [4.69, 9.17) is 5.73 Å². The number of rotatable bonds is 6. The molecule has 0 aliphatic rings. The number of hydrogen-bond acceptors (Lipinski definition) is 9. The Bertz CT molecular complexity index is 929. The SMILES string of the molecule is CCCc1c(C(=O)NN=Cc2ccc(O)cc2)nnn1-c1nonc1N. The van der Waals surface area contributed by atoms with Gasteiger partial charge in [0.15, 0.2) is 5.69 Å². The van der Waals surface area contributed by atoms with Gasteiger partial charge in [0, 0.05) is 0 Å². The maximum atomic E-state index is 12.4. The number of carbonyl (C=O) groups is 1. The molecule has 1 aromatic carbocycles. The van der Waals surface area contributed by atoms with Gasteiger partial charge < -0.3 is 10.8 Å². The molecule has 0 bridgehead atoms. The van der Waals surface area contributed by atoms with Crippen LogP contribution in [0.25, 0.3) is 5.82 Å². The van der Waals surface area contributed by atoms with Gasteiger partial charge in [-0.25, -0.2) is 10.1 Å². The lowest BCUT2D eigenvalue weighted by atomic mass is 10.2. The van der Waals surface area contributed by atoms with Gasteiger partial charge in [-0.3, -0.25) is 4.79 Å². The summed E-state index contributed by atoms with van der Waals surface area (Å²) >= 11 is 0. The van der Waals surface area contributed by atoms with E-state index in [1.807, 2.05) is 6.92 Å². The van der Waals surface area contributed by atoms with E-state index in [-0.39, 0.29) is 23.1 Å². The van der Waals surface area contributed by atoms with Crippen molar-refractivity contribution in [1.82, 2.24) is 30.7 Å². The number of phenols is 1. The standard InChI is InChI=1S/C15H16N8O3/c1-2-3-11-12(18-22-23(11)14-13(16)20-26-21-14)15(25)19-17-8-9-4-6-10(24)7-5-9/h4-8,24H,2-3H2,1H3,(H2,16,20)(H,19,25). The molecule has 2 heterocycles. The first-order valence-electron chi connectivity index (χ1n) is 7.75. The predicted molar refractivity (Wildman–Crippen MR) is 90.8 cm³/mol. The molecule has 0 aliphatic heterocycles. The van der Waals surface area contributed by atoms with Crippen LogP contribution in [0.1, 0.15) is 35.1 Å². The van der Waals surface area contributed by atoms with Crippen LogP contribution in [0.15, 0.2) is 34.0 Å². The number of aromatic nitrogens is 5. The number of benzene rings is 1. The van der Waals surface area contributed by atoms with Crippen LogP contribution in [-0.2, 0) is 6.42 Å². The second kappa shape index (κ2) is 7.42. The first-order valence-corrected chi connectivity index (χ1v) is 7.75. The highest BCUT2D eigenvalue weighted by Crippen LogP contribution is 2.17. The predicted octanol–water partition coefficient (Wildman–Crippen LogP) is 0.654. The number of hydrazone groups is 1. The third-order valence-electron chi connectivity index (χ3n) is 3.43. The van der Waals surface area contributed by atoms with Gasteiger partial charge in [0.2, 0.25) is 11.6 Å². The summed E-state index contributed by atoms with van der Waals surface area (Å²) < 4.78 is 5.90. The molecule has 0 atom stereocenters. The Balaban J connectivity index is 1.79. The molecule has 11 nitrogen and oxygen atoms in total. The van der Waals surface area contributed by atoms with E-state index in [0.717, 1.165) is 6.42 Å². The normalized spacial score (nSPS) is 11.1. The number of nitrogens with two attached hydrogens (primary N) is 1. The Labute approximate surface area is 147 Å². The topological polar surface area (TPSA) is 157 Å². The molecule has 134 valence electrons. The van der Waals surface area contributed by atoms with Crippen molar-refractivity contribution in [1.29, 1.82) is 0 Å². The molecule has 26 heavy (non-hydrogen) atoms. The molecule has 0 fully saturated rings. The van der Waals surface area contributed by atoms with Gasteiger partial charge in [-0.05, 0) is 46.6 Å². The van der Waals surface area contributed by atoms with Crippen LogP contribution in [-0.4, -0.2) is 42.5 Å². The Morgan fingerprint density at radius 2 is 2.15 bits per heavy atom. The summed E-state index contributed by atoms with van der Waals surface area (Å²) in [5, 5.41) is 28.1. The van der Waals surface area contributed by atoms with Crippen molar-refractivity contribution in [3.8, 4) is 11.6 Å². The minimum absolute atomic E-state index is 0.0459. The molecule has 3 aromatic rings. The van der Waals surface area contributed by atoms with E-state index in [0.29, 0.717) is 17.7 Å². The van der Waals surface area contributed by atoms with Gasteiger partial charge in [-0.15, -0.1) is 5.10 Å². The van der Waals surface area contributed by atoms with E-state index >= 15 is 0 Å². The van der Waals surface area contributed by atoms with Crippen LogP contribution in [0.2, 0.25) is 0 Å². The van der Waals surface area contributed by atoms with Crippen molar-refractivity contribution in [3.05, 3.63) is 41.2 Å². The molecule has 0 unspecified atom stereocenters. The second-order valence-electron chi connectivity index (χ2n) is 5.31. The summed E-state index contributed by atoms with van der Waals surface area (Å²) in [4.78, 5) is 12.4. The quantitative estimate of drug-likeness (QED) is 0.429. The number of amides is 1. The van der Waals surface area contributed by atoms with Crippen LogP contribution in [0.3, 0.4) is 0 Å². The number of nitrogen functional groups attached to an aromatic ring is 1. The highest BCUT2D eigenvalue weighted by atomic mass is 16.6. The molecule has 0 spiro atoms. The fourth-order valence-electron chi connectivity index (χ4n) is 2.23. The lowest BCUT2D eigenvalue weighted by molar-refractivity contribution is 0.0949. The Hall–Kier alpha value is -3.76. The molecule has 4 N–H and O–H groups in total. The molecule has 11 heteroatoms. The molecule has 0 saturated heterocycles. The van der Waals surface area contributed by atoms with Crippen molar-refractivity contribution in [3.63, 3.8) is 0 Å². The maximum Gasteiger partial charge on any atom is 0.293 e. The molecule has 1 amide bonds. The molecule has 0 saturated carbocycles. The summed E-state index contributed by atoms with van der Waals surface area (Å²) in [7, 11) is 0. The molecule has 0 aliphatic carbocycles. The van der Waals surface area contributed by atoms with E-state index in [2.05, 4.69) is 35.8 Å². The van der Waals surface area contributed by atoms with E-state index < -0.39 is 5.91 Å². The van der Waals surface area contributed by atoms with Gasteiger partial charge in [-0.2, -0.15) is 9.78 Å². The average molecular weight is 356 g/mol. The molecule has 3 rings (SSSR count). The van der Waals surface area contributed by atoms with Crippen LogP contribution >= 0.6 is 0 Å². The fraction of sp³-hybridized carbons (Fsp3) is 0.200. The monoisotopic (exact) mass is 356 g/mol. The Morgan fingerprint density at radius 1 is 1.38 bits per heavy atom. The number of nitrogens with zero attached hydrogens (tertiary/aromatic N) is 6. The van der Waals surface area contributed by atoms with Crippen molar-refractivity contribution in [2.24, 2.45) is 5.10 Å². The summed E-state index contributed by atoms with van der Waals surface area (Å²) in [5.74, 6) is -0.157. The Kier molecular flexibility index (Phi) is 4.87. The fourth-order valence-corrected chi connectivity index (χ4v) is 2.23. The zero-order valence-electron chi connectivity index (χ0n) is 13.8. The summed E-state index contributed by atoms with van der Waals surface area (Å²) in [6.07, 6.45) is 2.71. The number of anilines is 1. The minimum Gasteiger partial charge on any atom is -0.508 e. The van der Waals surface area contributed by atoms with Crippen molar-refractivity contribution in [2.45, 2.75) is 19.8 Å². The number of aromatic hydroxyl groups is 1. The molecule has 2 aromatic heterocycles. The summed E-state index contributed by atoms with van der Waals surface area (Å²) in [6, 6.07) is 6.35. The first-order chi connectivity index (χ1) is 12.6. The summed E-state index contributed by atoms with van der Waals surface area (Å²) in [6.45, 7) is 1.95. The van der Waals surface area contributed by atoms with Crippen molar-refractivity contribution >= 4 is 17.9 Å². The van der Waals surface area contributed by atoms with Crippen LogP contribution < -0.4 is 11.2 Å². The zero-order chi connectivity index (χ0) is 18.5. The molecular formula is C15H16N8O3.